The number of hydrogen-bond acceptors (Lipinski definition) is 8. The van der Waals surface area contributed by atoms with E-state index in [0.29, 0.717) is 6.42 Å². The van der Waals surface area contributed by atoms with Crippen LogP contribution in [0.5, 0.6) is 0 Å². The molecule has 0 radical (unpaired) electrons. The van der Waals surface area contributed by atoms with Gasteiger partial charge in [0.1, 0.15) is 24.4 Å². The Kier molecular flexibility index (Phi) is 42.0. The summed E-state index contributed by atoms with van der Waals surface area (Å²) in [4.78, 5) is 13.0. The second kappa shape index (κ2) is 45.2. The van der Waals surface area contributed by atoms with Crippen molar-refractivity contribution in [2.75, 3.05) is 13.2 Å². The minimum Gasteiger partial charge on any atom is -0.394 e. The van der Waals surface area contributed by atoms with Crippen molar-refractivity contribution in [2.24, 2.45) is 0 Å². The number of rotatable bonds is 43. The molecule has 9 heteroatoms. The summed E-state index contributed by atoms with van der Waals surface area (Å²) in [7, 11) is 0. The first-order valence-electron chi connectivity index (χ1n) is 26.3. The molecule has 0 aromatic carbocycles. The van der Waals surface area contributed by atoms with Crippen molar-refractivity contribution in [3.8, 4) is 0 Å². The fraction of sp³-hybridized carbons (Fsp3) is 0.732. The van der Waals surface area contributed by atoms with Gasteiger partial charge in [-0.3, -0.25) is 4.79 Å². The lowest BCUT2D eigenvalue weighted by Crippen LogP contribution is -2.60. The third-order valence-electron chi connectivity index (χ3n) is 12.0. The maximum atomic E-state index is 13.0. The highest BCUT2D eigenvalue weighted by Gasteiger charge is 2.44. The Balaban J connectivity index is 2.34. The number of aliphatic hydroxyl groups is 5. The Hall–Kier alpha value is -2.63. The lowest BCUT2D eigenvalue weighted by atomic mass is 9.99. The molecular weight excluding hydrogens is 815 g/mol. The summed E-state index contributed by atoms with van der Waals surface area (Å²) in [6, 6.07) is -0.838. The Morgan fingerprint density at radius 3 is 1.48 bits per heavy atom. The van der Waals surface area contributed by atoms with Crippen molar-refractivity contribution >= 4 is 5.91 Å². The van der Waals surface area contributed by atoms with Crippen LogP contribution in [-0.4, -0.2) is 87.5 Å². The molecule has 0 aromatic rings. The average Bonchev–Trinajstić information content (AvgIpc) is 3.31. The van der Waals surface area contributed by atoms with Crippen LogP contribution in [-0.2, 0) is 14.3 Å². The fourth-order valence-corrected chi connectivity index (χ4v) is 7.79. The number of unbranched alkanes of at least 4 members (excludes halogenated alkanes) is 21. The maximum Gasteiger partial charge on any atom is 0.220 e. The molecule has 9 nitrogen and oxygen atoms in total. The van der Waals surface area contributed by atoms with Crippen LogP contribution in [0.2, 0.25) is 0 Å². The molecule has 0 aliphatic carbocycles. The predicted molar refractivity (Wildman–Crippen MR) is 271 cm³/mol. The predicted octanol–water partition coefficient (Wildman–Crippen LogP) is 12.3. The van der Waals surface area contributed by atoms with Gasteiger partial charge in [-0.05, 0) is 77.0 Å². The standard InChI is InChI=1S/C56H97NO8/c1-3-5-7-9-11-13-15-17-19-21-23-25-27-29-31-33-35-37-39-41-43-45-50(59)49(48-64-56-55(63)54(62)53(61)51(47-58)65-56)57-52(60)46-44-42-40-38-36-34-32-30-28-26-24-22-20-18-16-14-12-10-8-6-4-2/h6,8,12,14,18,20,24,26,30,32,35,37,43,45,49-51,53-56,58-59,61-63H,3-5,7,9-11,13,15-17,19,21-23,25,27-29,31,33-34,36,38-42,44,46-48H2,1-2H3,(H,57,60)/b8-6-,14-12-,20-18-,26-24-,32-30-,37-35+,45-43+. The SMILES string of the molecule is CC/C=C\C/C=C\C/C=C\C/C=C\C/C=C\CCCCCCCC(=O)NC(COC1OC(CO)C(O)C(O)C1O)C(O)/C=C/CC/C=C/CCCCCCCCCCCCCCCCC. The number of aliphatic hydroxyl groups excluding tert-OH is 5. The van der Waals surface area contributed by atoms with E-state index >= 15 is 0 Å². The summed E-state index contributed by atoms with van der Waals surface area (Å²) in [5, 5.41) is 54.4. The van der Waals surface area contributed by atoms with Gasteiger partial charge < -0.3 is 40.3 Å². The molecule has 1 aliphatic heterocycles. The highest BCUT2D eigenvalue weighted by Crippen LogP contribution is 2.22. The third kappa shape index (κ3) is 35.2. The Bertz CT molecular complexity index is 1290. The fourth-order valence-electron chi connectivity index (χ4n) is 7.79. The molecule has 0 saturated carbocycles. The van der Waals surface area contributed by atoms with Crippen molar-refractivity contribution in [1.29, 1.82) is 0 Å². The second-order valence-corrected chi connectivity index (χ2v) is 17.9. The first-order valence-corrected chi connectivity index (χ1v) is 26.3. The zero-order valence-corrected chi connectivity index (χ0v) is 41.2. The van der Waals surface area contributed by atoms with E-state index in [0.717, 1.165) is 89.9 Å². The van der Waals surface area contributed by atoms with Gasteiger partial charge in [0.2, 0.25) is 5.91 Å². The van der Waals surface area contributed by atoms with Gasteiger partial charge in [0.05, 0.1) is 25.4 Å². The quantitative estimate of drug-likeness (QED) is 0.0262. The summed E-state index contributed by atoms with van der Waals surface area (Å²) in [6.07, 6.45) is 56.3. The number of nitrogens with one attached hydrogen (secondary N) is 1. The summed E-state index contributed by atoms with van der Waals surface area (Å²) >= 11 is 0. The van der Waals surface area contributed by atoms with Crippen LogP contribution < -0.4 is 5.32 Å². The molecule has 0 bridgehead atoms. The molecular formula is C56H97NO8. The maximum absolute atomic E-state index is 13.0. The lowest BCUT2D eigenvalue weighted by Gasteiger charge is -2.40. The van der Waals surface area contributed by atoms with Gasteiger partial charge in [-0.1, -0.05) is 208 Å². The van der Waals surface area contributed by atoms with Crippen LogP contribution in [0.1, 0.15) is 206 Å². The van der Waals surface area contributed by atoms with Gasteiger partial charge in [0, 0.05) is 6.42 Å². The average molecular weight is 912 g/mol. The summed E-state index contributed by atoms with van der Waals surface area (Å²) in [6.45, 7) is 3.63. The zero-order valence-electron chi connectivity index (χ0n) is 41.2. The van der Waals surface area contributed by atoms with E-state index < -0.39 is 49.5 Å². The largest absolute Gasteiger partial charge is 0.394 e. The smallest absolute Gasteiger partial charge is 0.220 e. The molecule has 1 heterocycles. The number of carbonyl (C=O) groups excluding carboxylic acids is 1. The Morgan fingerprint density at radius 2 is 0.969 bits per heavy atom. The molecule has 1 aliphatic rings. The second-order valence-electron chi connectivity index (χ2n) is 17.9. The zero-order chi connectivity index (χ0) is 47.3. The molecule has 0 spiro atoms. The van der Waals surface area contributed by atoms with E-state index in [4.69, 9.17) is 9.47 Å². The van der Waals surface area contributed by atoms with Crippen LogP contribution in [0.3, 0.4) is 0 Å². The van der Waals surface area contributed by atoms with Crippen molar-refractivity contribution in [3.63, 3.8) is 0 Å². The van der Waals surface area contributed by atoms with Crippen molar-refractivity contribution in [3.05, 3.63) is 85.1 Å². The summed E-state index contributed by atoms with van der Waals surface area (Å²) in [5.74, 6) is -0.208. The normalized spacial score (nSPS) is 20.6. The Labute approximate surface area is 397 Å². The molecule has 65 heavy (non-hydrogen) atoms. The van der Waals surface area contributed by atoms with Gasteiger partial charge in [-0.2, -0.15) is 0 Å². The van der Waals surface area contributed by atoms with E-state index in [1.165, 1.54) is 96.3 Å². The number of hydrogen-bond donors (Lipinski definition) is 6. The summed E-state index contributed by atoms with van der Waals surface area (Å²) < 4.78 is 11.2. The first kappa shape index (κ1) is 60.4. The monoisotopic (exact) mass is 912 g/mol. The van der Waals surface area contributed by atoms with E-state index in [2.05, 4.69) is 92.1 Å². The van der Waals surface area contributed by atoms with Gasteiger partial charge in [-0.25, -0.2) is 0 Å². The molecule has 7 unspecified atom stereocenters. The van der Waals surface area contributed by atoms with Crippen LogP contribution in [0.4, 0.5) is 0 Å². The molecule has 1 amide bonds. The molecule has 6 N–H and O–H groups in total. The number of carbonyl (C=O) groups is 1. The Morgan fingerprint density at radius 1 is 0.538 bits per heavy atom. The molecule has 0 aromatic heterocycles. The number of allylic oxidation sites excluding steroid dienone is 13. The molecule has 1 rings (SSSR count). The van der Waals surface area contributed by atoms with Crippen LogP contribution in [0.25, 0.3) is 0 Å². The third-order valence-corrected chi connectivity index (χ3v) is 12.0. The van der Waals surface area contributed by atoms with E-state index in [-0.39, 0.29) is 12.5 Å². The van der Waals surface area contributed by atoms with Crippen LogP contribution in [0.15, 0.2) is 85.1 Å². The summed E-state index contributed by atoms with van der Waals surface area (Å²) in [5.41, 5.74) is 0. The minimum absolute atomic E-state index is 0.208. The van der Waals surface area contributed by atoms with Crippen molar-refractivity contribution in [2.45, 2.75) is 249 Å². The van der Waals surface area contributed by atoms with E-state index in [1.54, 1.807) is 6.08 Å². The number of amides is 1. The number of ether oxygens (including phenoxy) is 2. The minimum atomic E-state index is -1.58. The van der Waals surface area contributed by atoms with E-state index in [9.17, 15) is 30.3 Å². The van der Waals surface area contributed by atoms with Crippen LogP contribution >= 0.6 is 0 Å². The lowest BCUT2D eigenvalue weighted by molar-refractivity contribution is -0.302. The molecule has 1 saturated heterocycles. The highest BCUT2D eigenvalue weighted by atomic mass is 16.7. The van der Waals surface area contributed by atoms with Crippen molar-refractivity contribution in [1.82, 2.24) is 5.32 Å². The molecule has 1 fully saturated rings. The topological polar surface area (TPSA) is 149 Å². The van der Waals surface area contributed by atoms with Crippen LogP contribution in [0, 0.1) is 0 Å². The highest BCUT2D eigenvalue weighted by molar-refractivity contribution is 5.76. The van der Waals surface area contributed by atoms with Gasteiger partial charge in [0.15, 0.2) is 6.29 Å². The van der Waals surface area contributed by atoms with Gasteiger partial charge in [-0.15, -0.1) is 0 Å². The first-order chi connectivity index (χ1) is 31.8. The van der Waals surface area contributed by atoms with Gasteiger partial charge in [0.25, 0.3) is 0 Å². The van der Waals surface area contributed by atoms with Gasteiger partial charge >= 0.3 is 0 Å². The van der Waals surface area contributed by atoms with Crippen molar-refractivity contribution < 1.29 is 39.8 Å². The molecule has 374 valence electrons. The molecule has 7 atom stereocenters. The van der Waals surface area contributed by atoms with E-state index in [1.807, 2.05) is 6.08 Å².